The number of aliphatic hydroxyl groups is 2. The van der Waals surface area contributed by atoms with Crippen molar-refractivity contribution in [3.63, 3.8) is 0 Å². The van der Waals surface area contributed by atoms with Crippen molar-refractivity contribution in [1.82, 2.24) is 0 Å². The molecule has 5 aliphatic heterocycles. The van der Waals surface area contributed by atoms with Gasteiger partial charge in [0.25, 0.3) is 0 Å². The summed E-state index contributed by atoms with van der Waals surface area (Å²) in [6.07, 6.45) is 2.30. The Labute approximate surface area is 192 Å². The number of hydrogen-bond acceptors (Lipinski definition) is 8. The third kappa shape index (κ3) is 2.29. The van der Waals surface area contributed by atoms with Crippen LogP contribution in [0.3, 0.4) is 0 Å². The van der Waals surface area contributed by atoms with Crippen molar-refractivity contribution in [2.24, 2.45) is 5.41 Å². The predicted molar refractivity (Wildman–Crippen MR) is 115 cm³/mol. The molecule has 1 aromatic carbocycles. The van der Waals surface area contributed by atoms with Gasteiger partial charge in [0.05, 0.1) is 5.41 Å². The van der Waals surface area contributed by atoms with E-state index in [-0.39, 0.29) is 17.4 Å². The Kier molecular flexibility index (Phi) is 3.84. The fraction of sp³-hybridized carbons (Fsp3) is 0.720. The fourth-order valence-electron chi connectivity index (χ4n) is 7.30. The van der Waals surface area contributed by atoms with Gasteiger partial charge < -0.3 is 34.3 Å². The lowest BCUT2D eigenvalue weighted by atomic mass is 9.47. The third-order valence-corrected chi connectivity index (χ3v) is 9.36. The molecule has 33 heavy (non-hydrogen) atoms. The van der Waals surface area contributed by atoms with Crippen LogP contribution in [0.15, 0.2) is 6.07 Å². The Hall–Kier alpha value is -1.87. The fourth-order valence-corrected chi connectivity index (χ4v) is 7.30. The van der Waals surface area contributed by atoms with Crippen LogP contribution in [0.2, 0.25) is 0 Å². The van der Waals surface area contributed by atoms with Gasteiger partial charge in [-0.05, 0) is 46.1 Å². The molecule has 4 bridgehead atoms. The molecule has 0 unspecified atom stereocenters. The molecule has 0 aromatic heterocycles. The van der Waals surface area contributed by atoms with Gasteiger partial charge in [0.15, 0.2) is 5.79 Å². The normalized spacial score (nSPS) is 45.4. The number of phenolic OH excluding ortho intramolecular Hbond substituents is 1. The number of phenols is 1. The highest BCUT2D eigenvalue weighted by Gasteiger charge is 2.83. The van der Waals surface area contributed by atoms with E-state index in [9.17, 15) is 20.1 Å². The Bertz CT molecular complexity index is 1090. The quantitative estimate of drug-likeness (QED) is 0.548. The highest BCUT2D eigenvalue weighted by molar-refractivity contribution is 5.96. The van der Waals surface area contributed by atoms with E-state index in [1.807, 2.05) is 20.8 Å². The largest absolute Gasteiger partial charge is 0.507 e. The number of carbonyl (C=O) groups excluding carboxylic acids is 1. The zero-order valence-electron chi connectivity index (χ0n) is 19.8. The van der Waals surface area contributed by atoms with Gasteiger partial charge in [-0.2, -0.15) is 0 Å². The Morgan fingerprint density at radius 2 is 1.82 bits per heavy atom. The Balaban J connectivity index is 1.60. The van der Waals surface area contributed by atoms with E-state index < -0.39 is 39.8 Å². The molecule has 1 aromatic rings. The number of aromatic hydroxyl groups is 1. The predicted octanol–water partition coefficient (Wildman–Crippen LogP) is 2.72. The first kappa shape index (κ1) is 21.6. The van der Waals surface area contributed by atoms with Crippen LogP contribution in [0.1, 0.15) is 81.8 Å². The van der Waals surface area contributed by atoms with Crippen molar-refractivity contribution in [3.8, 4) is 11.5 Å². The maximum absolute atomic E-state index is 12.6. The van der Waals surface area contributed by atoms with Crippen LogP contribution in [0.4, 0.5) is 0 Å². The molecule has 1 saturated carbocycles. The van der Waals surface area contributed by atoms with Gasteiger partial charge >= 0.3 is 5.97 Å². The minimum atomic E-state index is -1.49. The van der Waals surface area contributed by atoms with Crippen LogP contribution in [0, 0.1) is 5.41 Å². The Morgan fingerprint density at radius 1 is 1.09 bits per heavy atom. The van der Waals surface area contributed by atoms with Crippen molar-refractivity contribution in [3.05, 3.63) is 22.8 Å². The molecule has 8 nitrogen and oxygen atoms in total. The van der Waals surface area contributed by atoms with E-state index in [4.69, 9.17) is 18.9 Å². The van der Waals surface area contributed by atoms with Crippen LogP contribution in [-0.4, -0.2) is 55.8 Å². The van der Waals surface area contributed by atoms with Gasteiger partial charge in [-0.1, -0.05) is 6.92 Å². The van der Waals surface area contributed by atoms with Crippen molar-refractivity contribution in [2.75, 3.05) is 0 Å². The second-order valence-electron chi connectivity index (χ2n) is 11.6. The van der Waals surface area contributed by atoms with Gasteiger partial charge in [-0.3, -0.25) is 0 Å². The SMILES string of the molecule is C[C@@H]1Cc2c3c(cc(O)c2C(=O)O1)O[C@]1(C)CC[C@]2(O)O[C@@]4(C(C)(C)O)CC[C@]2(C)[C@]1(C3)O4. The molecular formula is C25H32O8. The molecule has 0 radical (unpaired) electrons. The standard InChI is InChI=1S/C25H32O8/c1-13-10-14-15-12-23-21(4)6-9-25(32-23,20(2,3)28)33-24(21,29)8-7-22(23,5)31-17(15)11-16(26)18(14)19(27)30-13/h11,13,26,28-29H,6-10,12H2,1-5H3/t13-,21-,22-,23+,24+,25-/m1/s1. The van der Waals surface area contributed by atoms with Crippen LogP contribution in [-0.2, 0) is 27.1 Å². The van der Waals surface area contributed by atoms with Crippen LogP contribution >= 0.6 is 0 Å². The molecule has 6 atom stereocenters. The number of benzene rings is 1. The van der Waals surface area contributed by atoms with E-state index >= 15 is 0 Å². The monoisotopic (exact) mass is 460 g/mol. The summed E-state index contributed by atoms with van der Waals surface area (Å²) in [6.45, 7) is 9.07. The summed E-state index contributed by atoms with van der Waals surface area (Å²) in [6, 6.07) is 1.50. The van der Waals surface area contributed by atoms with Gasteiger partial charge in [-0.15, -0.1) is 0 Å². The molecule has 3 saturated heterocycles. The lowest BCUT2D eigenvalue weighted by Crippen LogP contribution is -2.88. The summed E-state index contributed by atoms with van der Waals surface area (Å²) in [4.78, 5) is 12.6. The molecule has 180 valence electrons. The molecule has 3 N–H and O–H groups in total. The highest BCUT2D eigenvalue weighted by Crippen LogP contribution is 2.72. The number of esters is 1. The highest BCUT2D eigenvalue weighted by atomic mass is 16.8. The van der Waals surface area contributed by atoms with Crippen molar-refractivity contribution in [1.29, 1.82) is 0 Å². The molecule has 8 heteroatoms. The molecular weight excluding hydrogens is 428 g/mol. The summed E-state index contributed by atoms with van der Waals surface area (Å²) in [5, 5.41) is 33.7. The summed E-state index contributed by atoms with van der Waals surface area (Å²) < 4.78 is 25.1. The number of hydrogen-bond donors (Lipinski definition) is 3. The maximum atomic E-state index is 12.6. The summed E-state index contributed by atoms with van der Waals surface area (Å²) in [5.41, 5.74) is -2.40. The van der Waals surface area contributed by atoms with Crippen molar-refractivity contribution >= 4 is 5.97 Å². The molecule has 6 aliphatic rings. The number of carbonyl (C=O) groups is 1. The van der Waals surface area contributed by atoms with E-state index in [1.165, 1.54) is 6.07 Å². The zero-order chi connectivity index (χ0) is 23.8. The van der Waals surface area contributed by atoms with Gasteiger partial charge in [0.1, 0.15) is 40.0 Å². The second kappa shape index (κ2) is 5.85. The van der Waals surface area contributed by atoms with E-state index in [0.29, 0.717) is 49.8 Å². The average molecular weight is 461 g/mol. The average Bonchev–Trinajstić information content (AvgIpc) is 2.68. The minimum absolute atomic E-state index is 0.152. The topological polar surface area (TPSA) is 115 Å². The van der Waals surface area contributed by atoms with Crippen LogP contribution in [0.5, 0.6) is 11.5 Å². The summed E-state index contributed by atoms with van der Waals surface area (Å²) in [7, 11) is 0. The number of cyclic esters (lactones) is 1. The lowest BCUT2D eigenvalue weighted by molar-refractivity contribution is -0.555. The van der Waals surface area contributed by atoms with Gasteiger partial charge in [0, 0.05) is 37.3 Å². The lowest BCUT2D eigenvalue weighted by Gasteiger charge is -2.76. The minimum Gasteiger partial charge on any atom is -0.507 e. The number of fused-ring (bicyclic) bond motifs is 4. The summed E-state index contributed by atoms with van der Waals surface area (Å²) >= 11 is 0. The number of ether oxygens (including phenoxy) is 4. The second-order valence-corrected chi connectivity index (χ2v) is 11.6. The van der Waals surface area contributed by atoms with Crippen molar-refractivity contribution < 1.29 is 39.1 Å². The number of rotatable bonds is 1. The molecule has 7 rings (SSSR count). The maximum Gasteiger partial charge on any atom is 0.342 e. The smallest absolute Gasteiger partial charge is 0.342 e. The van der Waals surface area contributed by atoms with E-state index in [2.05, 4.69) is 0 Å². The Morgan fingerprint density at radius 3 is 2.52 bits per heavy atom. The molecule has 1 aliphatic carbocycles. The first-order valence-electron chi connectivity index (χ1n) is 11.8. The van der Waals surface area contributed by atoms with E-state index in [0.717, 1.165) is 5.56 Å². The van der Waals surface area contributed by atoms with E-state index in [1.54, 1.807) is 13.8 Å². The zero-order valence-corrected chi connectivity index (χ0v) is 19.8. The van der Waals surface area contributed by atoms with Gasteiger partial charge in [-0.25, -0.2) is 4.79 Å². The molecule has 5 heterocycles. The van der Waals surface area contributed by atoms with Crippen molar-refractivity contribution in [2.45, 2.75) is 108 Å². The summed E-state index contributed by atoms with van der Waals surface area (Å²) in [5.74, 6) is -3.07. The molecule has 4 fully saturated rings. The van der Waals surface area contributed by atoms with Crippen LogP contribution < -0.4 is 4.74 Å². The molecule has 0 amide bonds. The van der Waals surface area contributed by atoms with Gasteiger partial charge in [0.2, 0.25) is 5.79 Å². The third-order valence-electron chi connectivity index (χ3n) is 9.36. The molecule has 1 spiro atoms. The first-order chi connectivity index (χ1) is 15.2. The first-order valence-corrected chi connectivity index (χ1v) is 11.8. The van der Waals surface area contributed by atoms with Crippen LogP contribution in [0.25, 0.3) is 0 Å².